The van der Waals surface area contributed by atoms with Crippen molar-refractivity contribution in [2.45, 2.75) is 0 Å². The van der Waals surface area contributed by atoms with Crippen molar-refractivity contribution in [2.75, 3.05) is 19.0 Å². The minimum absolute atomic E-state index is 1.23. The molecule has 2 aromatic rings. The van der Waals surface area contributed by atoms with E-state index >= 15 is 0 Å². The summed E-state index contributed by atoms with van der Waals surface area (Å²) in [6.45, 7) is 0. The Hall–Kier alpha value is -2.28. The molecule has 1 nitrogen and oxygen atoms in total. The van der Waals surface area contributed by atoms with Crippen molar-refractivity contribution in [3.8, 4) is 0 Å². The summed E-state index contributed by atoms with van der Waals surface area (Å²) in [7, 11) is 4.12. The number of nitrogens with zero attached hydrogens (tertiary/aromatic N) is 1. The fourth-order valence-corrected chi connectivity index (χ4v) is 2.35. The van der Waals surface area contributed by atoms with E-state index in [1.807, 2.05) is 0 Å². The van der Waals surface area contributed by atoms with Crippen molar-refractivity contribution in [2.24, 2.45) is 0 Å². The third kappa shape index (κ3) is 2.32. The Morgan fingerprint density at radius 3 is 2.32 bits per heavy atom. The predicted octanol–water partition coefficient (Wildman–Crippen LogP) is 4.32. The molecule has 1 aliphatic rings. The molecule has 0 bridgehead atoms. The number of benzene rings is 2. The van der Waals surface area contributed by atoms with Gasteiger partial charge in [0, 0.05) is 19.8 Å². The Kier molecular flexibility index (Phi) is 2.96. The fraction of sp³-hybridized carbons (Fsp3) is 0.111. The van der Waals surface area contributed by atoms with Gasteiger partial charge in [0.25, 0.3) is 0 Å². The third-order valence-electron chi connectivity index (χ3n) is 3.45. The summed E-state index contributed by atoms with van der Waals surface area (Å²) < 4.78 is 0. The maximum Gasteiger partial charge on any atom is 0.0361 e. The van der Waals surface area contributed by atoms with Gasteiger partial charge in [-0.1, -0.05) is 48.6 Å². The van der Waals surface area contributed by atoms with Crippen LogP contribution in [0.5, 0.6) is 0 Å². The van der Waals surface area contributed by atoms with Gasteiger partial charge in [-0.25, -0.2) is 0 Å². The molecule has 0 saturated carbocycles. The second-order valence-corrected chi connectivity index (χ2v) is 5.01. The van der Waals surface area contributed by atoms with E-state index in [0.29, 0.717) is 0 Å². The van der Waals surface area contributed by atoms with Gasteiger partial charge in [0.05, 0.1) is 0 Å². The van der Waals surface area contributed by atoms with E-state index in [-0.39, 0.29) is 0 Å². The van der Waals surface area contributed by atoms with Gasteiger partial charge < -0.3 is 4.90 Å². The van der Waals surface area contributed by atoms with Crippen LogP contribution in [-0.2, 0) is 0 Å². The van der Waals surface area contributed by atoms with Crippen LogP contribution < -0.4 is 4.90 Å². The zero-order valence-corrected chi connectivity index (χ0v) is 11.3. The molecule has 0 fully saturated rings. The molecule has 0 heterocycles. The number of hydrogen-bond acceptors (Lipinski definition) is 1. The Morgan fingerprint density at radius 1 is 0.842 bits per heavy atom. The highest BCUT2D eigenvalue weighted by molar-refractivity contribution is 5.97. The Labute approximate surface area is 114 Å². The van der Waals surface area contributed by atoms with E-state index in [1.165, 1.54) is 28.0 Å². The molecule has 94 valence electrons. The number of hydrogen-bond donors (Lipinski definition) is 0. The standard InChI is InChI=1S/C18H17N/c1-19(2)17-11-7-14(8-12-17)13-16-10-9-15-5-3-4-6-18(15)16/h3-13H,1-2H3. The van der Waals surface area contributed by atoms with Crippen LogP contribution in [0.15, 0.2) is 54.6 Å². The van der Waals surface area contributed by atoms with Gasteiger partial charge in [-0.15, -0.1) is 0 Å². The molecule has 3 rings (SSSR count). The highest BCUT2D eigenvalue weighted by Gasteiger charge is 2.08. The first-order valence-electron chi connectivity index (χ1n) is 6.50. The zero-order chi connectivity index (χ0) is 13.2. The highest BCUT2D eigenvalue weighted by atomic mass is 15.1. The van der Waals surface area contributed by atoms with E-state index in [2.05, 4.69) is 85.8 Å². The van der Waals surface area contributed by atoms with E-state index in [9.17, 15) is 0 Å². The molecule has 0 aliphatic heterocycles. The van der Waals surface area contributed by atoms with Crippen molar-refractivity contribution < 1.29 is 0 Å². The van der Waals surface area contributed by atoms with Gasteiger partial charge >= 0.3 is 0 Å². The molecular weight excluding hydrogens is 230 g/mol. The molecule has 1 aliphatic carbocycles. The first-order valence-corrected chi connectivity index (χ1v) is 6.50. The molecule has 2 aromatic carbocycles. The molecule has 19 heavy (non-hydrogen) atoms. The molecule has 0 radical (unpaired) electrons. The number of allylic oxidation sites excluding steroid dienone is 2. The molecule has 0 spiro atoms. The van der Waals surface area contributed by atoms with Crippen molar-refractivity contribution in [1.29, 1.82) is 0 Å². The van der Waals surface area contributed by atoms with Crippen LogP contribution in [0.1, 0.15) is 16.7 Å². The van der Waals surface area contributed by atoms with Crippen LogP contribution in [0, 0.1) is 0 Å². The van der Waals surface area contributed by atoms with Crippen LogP contribution in [0.3, 0.4) is 0 Å². The van der Waals surface area contributed by atoms with Crippen molar-refractivity contribution in [3.05, 3.63) is 71.3 Å². The van der Waals surface area contributed by atoms with Crippen molar-refractivity contribution in [3.63, 3.8) is 0 Å². The lowest BCUT2D eigenvalue weighted by Crippen LogP contribution is -2.07. The monoisotopic (exact) mass is 247 g/mol. The summed E-state index contributed by atoms with van der Waals surface area (Å²) in [5, 5.41) is 0. The van der Waals surface area contributed by atoms with Crippen LogP contribution in [0.4, 0.5) is 5.69 Å². The molecule has 0 atom stereocenters. The quantitative estimate of drug-likeness (QED) is 0.764. The molecule has 0 aromatic heterocycles. The summed E-state index contributed by atoms with van der Waals surface area (Å²) in [6.07, 6.45) is 6.60. The van der Waals surface area contributed by atoms with Gasteiger partial charge in [-0.05, 0) is 40.5 Å². The topological polar surface area (TPSA) is 3.24 Å². The summed E-state index contributed by atoms with van der Waals surface area (Å²) in [5.41, 5.74) is 6.37. The largest absolute Gasteiger partial charge is 0.378 e. The van der Waals surface area contributed by atoms with Gasteiger partial charge in [-0.2, -0.15) is 0 Å². The zero-order valence-electron chi connectivity index (χ0n) is 11.3. The summed E-state index contributed by atoms with van der Waals surface area (Å²) >= 11 is 0. The molecule has 0 amide bonds. The lowest BCUT2D eigenvalue weighted by molar-refractivity contribution is 1.13. The Bertz CT molecular complexity index is 646. The summed E-state index contributed by atoms with van der Waals surface area (Å²) in [6, 6.07) is 17.1. The first kappa shape index (κ1) is 11.8. The SMILES string of the molecule is CN(C)c1ccc(C=C2C=Cc3ccccc32)cc1. The molecule has 0 N–H and O–H groups in total. The minimum Gasteiger partial charge on any atom is -0.378 e. The van der Waals surface area contributed by atoms with Gasteiger partial charge in [0.15, 0.2) is 0 Å². The normalized spacial score (nSPS) is 14.7. The van der Waals surface area contributed by atoms with Crippen LogP contribution in [-0.4, -0.2) is 14.1 Å². The second kappa shape index (κ2) is 4.77. The lowest BCUT2D eigenvalue weighted by Gasteiger charge is -2.12. The van der Waals surface area contributed by atoms with Crippen LogP contribution in [0.2, 0.25) is 0 Å². The third-order valence-corrected chi connectivity index (χ3v) is 3.45. The van der Waals surface area contributed by atoms with Crippen molar-refractivity contribution in [1.82, 2.24) is 0 Å². The van der Waals surface area contributed by atoms with Gasteiger partial charge in [0.1, 0.15) is 0 Å². The molecule has 0 saturated heterocycles. The van der Waals surface area contributed by atoms with Gasteiger partial charge in [-0.3, -0.25) is 0 Å². The second-order valence-electron chi connectivity index (χ2n) is 5.01. The maximum absolute atomic E-state index is 2.24. The Balaban J connectivity index is 1.93. The lowest BCUT2D eigenvalue weighted by atomic mass is 10.0. The fourth-order valence-electron chi connectivity index (χ4n) is 2.35. The maximum atomic E-state index is 2.24. The Morgan fingerprint density at radius 2 is 1.58 bits per heavy atom. The summed E-state index contributed by atoms with van der Waals surface area (Å²) in [5.74, 6) is 0. The number of rotatable bonds is 2. The van der Waals surface area contributed by atoms with E-state index < -0.39 is 0 Å². The average Bonchev–Trinajstić information content (AvgIpc) is 2.83. The van der Waals surface area contributed by atoms with Crippen LogP contribution >= 0.6 is 0 Å². The average molecular weight is 247 g/mol. The number of anilines is 1. The van der Waals surface area contributed by atoms with E-state index in [4.69, 9.17) is 0 Å². The van der Waals surface area contributed by atoms with Crippen molar-refractivity contribution >= 4 is 23.4 Å². The molecule has 0 unspecified atom stereocenters. The predicted molar refractivity (Wildman–Crippen MR) is 84.1 cm³/mol. The van der Waals surface area contributed by atoms with Crippen LogP contribution in [0.25, 0.3) is 17.7 Å². The van der Waals surface area contributed by atoms with E-state index in [0.717, 1.165) is 0 Å². The molecule has 1 heteroatoms. The minimum atomic E-state index is 1.23. The summed E-state index contributed by atoms with van der Waals surface area (Å²) in [4.78, 5) is 2.11. The van der Waals surface area contributed by atoms with E-state index in [1.54, 1.807) is 0 Å². The number of fused-ring (bicyclic) bond motifs is 1. The first-order chi connectivity index (χ1) is 9.24. The smallest absolute Gasteiger partial charge is 0.0361 e. The van der Waals surface area contributed by atoms with Gasteiger partial charge in [0.2, 0.25) is 0 Å². The highest BCUT2D eigenvalue weighted by Crippen LogP contribution is 2.30. The molecular formula is C18H17N.